The second kappa shape index (κ2) is 4.92. The highest BCUT2D eigenvalue weighted by atomic mass is 19.3. The van der Waals surface area contributed by atoms with E-state index in [9.17, 15) is 18.4 Å². The summed E-state index contributed by atoms with van der Waals surface area (Å²) in [5, 5.41) is 0. The van der Waals surface area contributed by atoms with E-state index in [1.807, 2.05) is 0 Å². The molecule has 0 radical (unpaired) electrons. The fourth-order valence-electron chi connectivity index (χ4n) is 1.88. The van der Waals surface area contributed by atoms with E-state index in [-0.39, 0.29) is 11.3 Å². The topological polar surface area (TPSA) is 61.8 Å². The van der Waals surface area contributed by atoms with Crippen molar-refractivity contribution in [3.8, 4) is 5.75 Å². The van der Waals surface area contributed by atoms with Crippen LogP contribution in [0.2, 0.25) is 0 Å². The average Bonchev–Trinajstić information content (AvgIpc) is 2.69. The molecule has 1 aromatic rings. The van der Waals surface area contributed by atoms with Gasteiger partial charge in [0.15, 0.2) is 5.57 Å². The van der Waals surface area contributed by atoms with Crippen molar-refractivity contribution in [2.24, 2.45) is 0 Å². The summed E-state index contributed by atoms with van der Waals surface area (Å²) in [6, 6.07) is 5.60. The van der Waals surface area contributed by atoms with Gasteiger partial charge < -0.3 is 14.2 Å². The third-order valence-corrected chi connectivity index (χ3v) is 2.71. The lowest BCUT2D eigenvalue weighted by Gasteiger charge is -2.13. The molecule has 0 bridgehead atoms. The van der Waals surface area contributed by atoms with Gasteiger partial charge in [0, 0.05) is 5.56 Å². The summed E-state index contributed by atoms with van der Waals surface area (Å²) in [5.41, 5.74) is -1.79. The minimum atomic E-state index is -3.82. The summed E-state index contributed by atoms with van der Waals surface area (Å²) in [7, 11) is 1.96. The molecular formula is C13H10F2O5. The second-order valence-corrected chi connectivity index (χ2v) is 3.85. The van der Waals surface area contributed by atoms with Crippen LogP contribution in [0.3, 0.4) is 0 Å². The number of rotatable bonds is 2. The molecule has 20 heavy (non-hydrogen) atoms. The third kappa shape index (κ3) is 2.11. The monoisotopic (exact) mass is 284 g/mol. The quantitative estimate of drug-likeness (QED) is 0.358. The van der Waals surface area contributed by atoms with Crippen molar-refractivity contribution in [2.75, 3.05) is 14.2 Å². The lowest BCUT2D eigenvalue weighted by molar-refractivity contribution is -0.145. The Balaban J connectivity index is 2.75. The van der Waals surface area contributed by atoms with Crippen LogP contribution < -0.4 is 4.74 Å². The van der Waals surface area contributed by atoms with Gasteiger partial charge in [0.1, 0.15) is 5.75 Å². The van der Waals surface area contributed by atoms with Crippen molar-refractivity contribution in [2.45, 2.75) is 6.11 Å². The zero-order valence-electron chi connectivity index (χ0n) is 10.6. The van der Waals surface area contributed by atoms with Crippen molar-refractivity contribution in [3.63, 3.8) is 0 Å². The zero-order valence-corrected chi connectivity index (χ0v) is 10.6. The Bertz CT molecular complexity index is 589. The summed E-state index contributed by atoms with van der Waals surface area (Å²) in [5.74, 6) is -2.56. The molecule has 0 saturated carbocycles. The van der Waals surface area contributed by atoms with Gasteiger partial charge >= 0.3 is 18.0 Å². The van der Waals surface area contributed by atoms with Crippen LogP contribution in [-0.4, -0.2) is 32.3 Å². The van der Waals surface area contributed by atoms with Crippen LogP contribution in [0.4, 0.5) is 8.78 Å². The first-order valence-corrected chi connectivity index (χ1v) is 5.50. The van der Waals surface area contributed by atoms with Gasteiger partial charge in [-0.3, -0.25) is 0 Å². The lowest BCUT2D eigenvalue weighted by Crippen LogP contribution is -2.27. The van der Waals surface area contributed by atoms with Crippen LogP contribution in [0.25, 0.3) is 5.57 Å². The Morgan fingerprint density at radius 3 is 2.20 bits per heavy atom. The zero-order chi connectivity index (χ0) is 14.9. The summed E-state index contributed by atoms with van der Waals surface area (Å²) in [6.07, 6.45) is -3.82. The number of alkyl halides is 2. The van der Waals surface area contributed by atoms with Gasteiger partial charge in [0.05, 0.1) is 19.8 Å². The predicted molar refractivity (Wildman–Crippen MR) is 63.0 cm³/mol. The van der Waals surface area contributed by atoms with E-state index < -0.39 is 29.2 Å². The molecule has 0 N–H and O–H groups in total. The molecule has 0 aromatic heterocycles. The number of benzene rings is 1. The highest BCUT2D eigenvalue weighted by Gasteiger charge is 2.50. The van der Waals surface area contributed by atoms with Crippen LogP contribution in [0.5, 0.6) is 5.75 Å². The molecule has 0 amide bonds. The van der Waals surface area contributed by atoms with E-state index in [2.05, 4.69) is 14.2 Å². The smallest absolute Gasteiger partial charge is 0.428 e. The molecule has 1 heterocycles. The number of fused-ring (bicyclic) bond motifs is 1. The SMILES string of the molecule is COC(=O)C(C(=O)OC)=C1c2ccccc2OC1(F)F. The Kier molecular flexibility index (Phi) is 3.44. The van der Waals surface area contributed by atoms with E-state index in [1.165, 1.54) is 24.3 Å². The number of esters is 2. The normalized spacial score (nSPS) is 15.1. The van der Waals surface area contributed by atoms with Gasteiger partial charge in [0.25, 0.3) is 0 Å². The fourth-order valence-corrected chi connectivity index (χ4v) is 1.88. The van der Waals surface area contributed by atoms with E-state index in [1.54, 1.807) is 0 Å². The first kappa shape index (κ1) is 14.0. The highest BCUT2D eigenvalue weighted by Crippen LogP contribution is 2.47. The lowest BCUT2D eigenvalue weighted by atomic mass is 10.00. The van der Waals surface area contributed by atoms with Crippen LogP contribution in [0.1, 0.15) is 5.56 Å². The number of carbonyl (C=O) groups excluding carboxylic acids is 2. The molecule has 1 aliphatic rings. The molecule has 106 valence electrons. The first-order chi connectivity index (χ1) is 9.42. The van der Waals surface area contributed by atoms with E-state index in [4.69, 9.17) is 0 Å². The molecule has 5 nitrogen and oxygen atoms in total. The number of ether oxygens (including phenoxy) is 3. The molecule has 0 spiro atoms. The van der Waals surface area contributed by atoms with E-state index in [0.717, 1.165) is 14.2 Å². The van der Waals surface area contributed by atoms with Gasteiger partial charge in [0.2, 0.25) is 0 Å². The van der Waals surface area contributed by atoms with Crippen molar-refractivity contribution in [1.29, 1.82) is 0 Å². The summed E-state index contributed by atoms with van der Waals surface area (Å²) >= 11 is 0. The number of para-hydroxylation sites is 1. The Labute approximate surface area is 112 Å². The Hall–Kier alpha value is -2.44. The van der Waals surface area contributed by atoms with Gasteiger partial charge in [-0.25, -0.2) is 9.59 Å². The second-order valence-electron chi connectivity index (χ2n) is 3.85. The van der Waals surface area contributed by atoms with E-state index >= 15 is 0 Å². The Morgan fingerprint density at radius 2 is 1.65 bits per heavy atom. The minimum Gasteiger partial charge on any atom is -0.465 e. The predicted octanol–water partition coefficient (Wildman–Crippen LogP) is 1.77. The van der Waals surface area contributed by atoms with Gasteiger partial charge in [-0.15, -0.1) is 0 Å². The van der Waals surface area contributed by atoms with Crippen molar-refractivity contribution in [3.05, 3.63) is 35.4 Å². The molecule has 1 aromatic carbocycles. The molecular weight excluding hydrogens is 274 g/mol. The maximum absolute atomic E-state index is 13.9. The van der Waals surface area contributed by atoms with Gasteiger partial charge in [-0.05, 0) is 6.07 Å². The minimum absolute atomic E-state index is 0.0525. The third-order valence-electron chi connectivity index (χ3n) is 2.71. The van der Waals surface area contributed by atoms with Crippen LogP contribution in [0.15, 0.2) is 29.8 Å². The molecule has 0 saturated heterocycles. The van der Waals surface area contributed by atoms with Gasteiger partial charge in [-0.1, -0.05) is 18.2 Å². The summed E-state index contributed by atoms with van der Waals surface area (Å²) in [4.78, 5) is 23.3. The number of methoxy groups -OCH3 is 2. The van der Waals surface area contributed by atoms with E-state index in [0.29, 0.717) is 0 Å². The number of carbonyl (C=O) groups is 2. The van der Waals surface area contributed by atoms with Crippen molar-refractivity contribution in [1.82, 2.24) is 0 Å². The molecule has 7 heteroatoms. The molecule has 0 aliphatic carbocycles. The van der Waals surface area contributed by atoms with Crippen molar-refractivity contribution >= 4 is 17.5 Å². The number of hydrogen-bond donors (Lipinski definition) is 0. The largest absolute Gasteiger partial charge is 0.465 e. The molecule has 0 atom stereocenters. The summed E-state index contributed by atoms with van der Waals surface area (Å²) < 4.78 is 41.1. The first-order valence-electron chi connectivity index (χ1n) is 5.50. The number of halogens is 2. The highest BCUT2D eigenvalue weighted by molar-refractivity contribution is 6.21. The number of hydrogen-bond acceptors (Lipinski definition) is 5. The molecule has 0 unspecified atom stereocenters. The molecule has 0 fully saturated rings. The Morgan fingerprint density at radius 1 is 1.10 bits per heavy atom. The maximum atomic E-state index is 13.9. The van der Waals surface area contributed by atoms with Gasteiger partial charge in [-0.2, -0.15) is 8.78 Å². The summed E-state index contributed by atoms with van der Waals surface area (Å²) in [6.45, 7) is 0. The molecule has 2 rings (SSSR count). The van der Waals surface area contributed by atoms with Crippen LogP contribution in [-0.2, 0) is 19.1 Å². The standard InChI is InChI=1S/C13H10F2O5/c1-18-11(16)9(12(17)19-2)10-7-5-3-4-6-8(7)20-13(10,14)15/h3-6H,1-2H3. The van der Waals surface area contributed by atoms with Crippen LogP contribution in [0, 0.1) is 0 Å². The fraction of sp³-hybridized carbons (Fsp3) is 0.231. The van der Waals surface area contributed by atoms with Crippen molar-refractivity contribution < 1.29 is 32.6 Å². The maximum Gasteiger partial charge on any atom is 0.428 e. The molecule has 1 aliphatic heterocycles. The van der Waals surface area contributed by atoms with Crippen LogP contribution >= 0.6 is 0 Å². The average molecular weight is 284 g/mol.